The summed E-state index contributed by atoms with van der Waals surface area (Å²) < 4.78 is 4.87. The van der Waals surface area contributed by atoms with Gasteiger partial charge in [0.25, 0.3) is 5.91 Å². The molecular formula is C27H22ClNO3. The van der Waals surface area contributed by atoms with Crippen LogP contribution in [0, 0.1) is 13.8 Å². The normalized spacial score (nSPS) is 10.8. The fourth-order valence-electron chi connectivity index (χ4n) is 3.88. The van der Waals surface area contributed by atoms with Crippen LogP contribution in [0.15, 0.2) is 72.8 Å². The van der Waals surface area contributed by atoms with Gasteiger partial charge in [-0.15, -0.1) is 0 Å². The quantitative estimate of drug-likeness (QED) is 0.352. The number of rotatable bonds is 4. The van der Waals surface area contributed by atoms with Gasteiger partial charge in [0.2, 0.25) is 0 Å². The molecule has 0 atom stereocenters. The first-order chi connectivity index (χ1) is 15.4. The zero-order valence-corrected chi connectivity index (χ0v) is 18.8. The molecule has 0 bridgehead atoms. The van der Waals surface area contributed by atoms with E-state index in [4.69, 9.17) is 16.3 Å². The number of aryl methyl sites for hydroxylation is 1. The number of fused-ring (bicyclic) bond motifs is 1. The summed E-state index contributed by atoms with van der Waals surface area (Å²) in [7, 11) is 1.34. The van der Waals surface area contributed by atoms with Crippen molar-refractivity contribution in [3.8, 4) is 11.1 Å². The number of carbonyl (C=O) groups excluding carboxylic acids is 2. The smallest absolute Gasteiger partial charge is 0.338 e. The van der Waals surface area contributed by atoms with E-state index in [-0.39, 0.29) is 5.91 Å². The largest absolute Gasteiger partial charge is 0.465 e. The van der Waals surface area contributed by atoms with E-state index in [1.165, 1.54) is 7.11 Å². The summed E-state index contributed by atoms with van der Waals surface area (Å²) in [5.41, 5.74) is 4.92. The predicted octanol–water partition coefficient (Wildman–Crippen LogP) is 6.82. The highest BCUT2D eigenvalue weighted by Crippen LogP contribution is 2.31. The van der Waals surface area contributed by atoms with E-state index < -0.39 is 5.97 Å². The SMILES string of the molecule is COC(=O)c1ccc(C)c(NC(=O)c2cc(-c3cccc(Cl)c3)cc3ccccc23)c1C. The first kappa shape index (κ1) is 21.6. The van der Waals surface area contributed by atoms with Crippen molar-refractivity contribution < 1.29 is 14.3 Å². The van der Waals surface area contributed by atoms with E-state index >= 15 is 0 Å². The van der Waals surface area contributed by atoms with Crippen LogP contribution < -0.4 is 5.32 Å². The summed E-state index contributed by atoms with van der Waals surface area (Å²) in [6, 6.07) is 22.7. The van der Waals surface area contributed by atoms with Crippen molar-refractivity contribution in [1.82, 2.24) is 0 Å². The van der Waals surface area contributed by atoms with Crippen molar-refractivity contribution in [2.75, 3.05) is 12.4 Å². The molecule has 0 spiro atoms. The van der Waals surface area contributed by atoms with Gasteiger partial charge < -0.3 is 10.1 Å². The molecule has 0 aliphatic rings. The van der Waals surface area contributed by atoms with Crippen molar-refractivity contribution in [2.45, 2.75) is 13.8 Å². The van der Waals surface area contributed by atoms with Crippen molar-refractivity contribution in [2.24, 2.45) is 0 Å². The van der Waals surface area contributed by atoms with Gasteiger partial charge in [-0.3, -0.25) is 4.79 Å². The van der Waals surface area contributed by atoms with Crippen LogP contribution in [0.2, 0.25) is 5.02 Å². The number of carbonyl (C=O) groups is 2. The maximum atomic E-state index is 13.5. The first-order valence-electron chi connectivity index (χ1n) is 10.2. The third-order valence-electron chi connectivity index (χ3n) is 5.58. The predicted molar refractivity (Wildman–Crippen MR) is 130 cm³/mol. The number of anilines is 1. The van der Waals surface area contributed by atoms with E-state index in [1.807, 2.05) is 67.6 Å². The maximum Gasteiger partial charge on any atom is 0.338 e. The van der Waals surface area contributed by atoms with Crippen LogP contribution in [0.5, 0.6) is 0 Å². The lowest BCUT2D eigenvalue weighted by Gasteiger charge is -2.16. The monoisotopic (exact) mass is 443 g/mol. The summed E-state index contributed by atoms with van der Waals surface area (Å²) in [4.78, 5) is 25.6. The highest BCUT2D eigenvalue weighted by Gasteiger charge is 2.18. The zero-order chi connectivity index (χ0) is 22.8. The van der Waals surface area contributed by atoms with Gasteiger partial charge in [-0.25, -0.2) is 4.79 Å². The zero-order valence-electron chi connectivity index (χ0n) is 18.0. The average molecular weight is 444 g/mol. The van der Waals surface area contributed by atoms with Crippen LogP contribution in [-0.2, 0) is 4.74 Å². The van der Waals surface area contributed by atoms with Crippen LogP contribution in [0.4, 0.5) is 5.69 Å². The summed E-state index contributed by atoms with van der Waals surface area (Å²) >= 11 is 6.19. The molecule has 0 unspecified atom stereocenters. The van der Waals surface area contributed by atoms with Crippen LogP contribution >= 0.6 is 11.6 Å². The van der Waals surface area contributed by atoms with Crippen LogP contribution in [0.1, 0.15) is 31.8 Å². The first-order valence-corrected chi connectivity index (χ1v) is 10.6. The summed E-state index contributed by atoms with van der Waals surface area (Å²) in [5, 5.41) is 5.45. The van der Waals surface area contributed by atoms with Crippen LogP contribution in [0.3, 0.4) is 0 Å². The molecule has 0 aromatic heterocycles. The van der Waals surface area contributed by atoms with Crippen molar-refractivity contribution >= 4 is 39.9 Å². The summed E-state index contributed by atoms with van der Waals surface area (Å²) in [6.45, 7) is 3.69. The molecule has 0 heterocycles. The molecule has 5 heteroatoms. The van der Waals surface area contributed by atoms with Gasteiger partial charge in [-0.2, -0.15) is 0 Å². The average Bonchev–Trinajstić information content (AvgIpc) is 2.80. The molecule has 4 aromatic rings. The Kier molecular flexibility index (Phi) is 5.97. The molecule has 0 saturated carbocycles. The van der Waals surface area contributed by atoms with E-state index in [0.717, 1.165) is 27.5 Å². The fourth-order valence-corrected chi connectivity index (χ4v) is 4.07. The lowest BCUT2D eigenvalue weighted by Crippen LogP contribution is -2.16. The van der Waals surface area contributed by atoms with E-state index in [1.54, 1.807) is 19.1 Å². The third kappa shape index (κ3) is 4.10. The maximum absolute atomic E-state index is 13.5. The second kappa shape index (κ2) is 8.85. The molecule has 0 aliphatic carbocycles. The number of hydrogen-bond acceptors (Lipinski definition) is 3. The van der Waals surface area contributed by atoms with Crippen molar-refractivity contribution in [3.05, 3.63) is 100 Å². The van der Waals surface area contributed by atoms with Gasteiger partial charge in [0.05, 0.1) is 12.7 Å². The van der Waals surface area contributed by atoms with Gasteiger partial charge in [0, 0.05) is 16.3 Å². The molecule has 0 saturated heterocycles. The Bertz CT molecular complexity index is 1360. The molecule has 0 radical (unpaired) electrons. The molecule has 0 aliphatic heterocycles. The van der Waals surface area contributed by atoms with E-state index in [0.29, 0.717) is 27.4 Å². The van der Waals surface area contributed by atoms with Crippen molar-refractivity contribution in [3.63, 3.8) is 0 Å². The minimum atomic E-state index is -0.439. The topological polar surface area (TPSA) is 55.4 Å². The van der Waals surface area contributed by atoms with E-state index in [9.17, 15) is 9.59 Å². The molecule has 32 heavy (non-hydrogen) atoms. The second-order valence-electron chi connectivity index (χ2n) is 7.63. The highest BCUT2D eigenvalue weighted by molar-refractivity contribution is 6.30. The van der Waals surface area contributed by atoms with Gasteiger partial charge >= 0.3 is 5.97 Å². The number of nitrogens with one attached hydrogen (secondary N) is 1. The molecular weight excluding hydrogens is 422 g/mol. The van der Waals surface area contributed by atoms with Crippen molar-refractivity contribution in [1.29, 1.82) is 0 Å². The minimum absolute atomic E-state index is 0.252. The number of esters is 1. The lowest BCUT2D eigenvalue weighted by atomic mass is 9.96. The molecule has 1 amide bonds. The van der Waals surface area contributed by atoms with Crippen LogP contribution in [-0.4, -0.2) is 19.0 Å². The standard InChI is InChI=1S/C27H22ClNO3/c1-16-11-12-22(27(31)32-3)17(2)25(16)29-26(30)24-15-20(18-8-6-9-21(28)14-18)13-19-7-4-5-10-23(19)24/h4-15H,1-3H3,(H,29,30). The number of benzene rings is 4. The molecule has 160 valence electrons. The highest BCUT2D eigenvalue weighted by atomic mass is 35.5. The molecule has 1 N–H and O–H groups in total. The Hall–Kier alpha value is -3.63. The summed E-state index contributed by atoms with van der Waals surface area (Å²) in [5.74, 6) is -0.690. The fraction of sp³-hybridized carbons (Fsp3) is 0.111. The number of methoxy groups -OCH3 is 1. The molecule has 4 nitrogen and oxygen atoms in total. The minimum Gasteiger partial charge on any atom is -0.465 e. The third-order valence-corrected chi connectivity index (χ3v) is 5.82. The summed E-state index contributed by atoms with van der Waals surface area (Å²) in [6.07, 6.45) is 0. The van der Waals surface area contributed by atoms with E-state index in [2.05, 4.69) is 5.32 Å². The lowest BCUT2D eigenvalue weighted by molar-refractivity contribution is 0.0599. The number of ether oxygens (including phenoxy) is 1. The Balaban J connectivity index is 1.82. The molecule has 0 fully saturated rings. The second-order valence-corrected chi connectivity index (χ2v) is 8.07. The molecule has 4 aromatic carbocycles. The van der Waals surface area contributed by atoms with Gasteiger partial charge in [0.1, 0.15) is 0 Å². The Morgan fingerprint density at radius 1 is 0.844 bits per heavy atom. The van der Waals surface area contributed by atoms with Gasteiger partial charge in [-0.1, -0.05) is 54.1 Å². The Morgan fingerprint density at radius 3 is 2.38 bits per heavy atom. The number of amides is 1. The molecule has 4 rings (SSSR count). The Morgan fingerprint density at radius 2 is 1.62 bits per heavy atom. The van der Waals surface area contributed by atoms with Gasteiger partial charge in [0.15, 0.2) is 0 Å². The van der Waals surface area contributed by atoms with Gasteiger partial charge in [-0.05, 0) is 77.2 Å². The Labute approximate surface area is 191 Å². The number of hydrogen-bond donors (Lipinski definition) is 1. The number of halogens is 1. The van der Waals surface area contributed by atoms with Crippen LogP contribution in [0.25, 0.3) is 21.9 Å².